The van der Waals surface area contributed by atoms with E-state index < -0.39 is 89.0 Å². The molecule has 4 aliphatic rings. The van der Waals surface area contributed by atoms with E-state index in [0.717, 1.165) is 12.3 Å². The number of anilines is 1. The third-order valence-electron chi connectivity index (χ3n) is 11.4. The zero-order valence-electron chi connectivity index (χ0n) is 34.8. The van der Waals surface area contributed by atoms with Crippen LogP contribution in [0.5, 0.6) is 23.0 Å². The molecule has 1 amide bonds. The fourth-order valence-corrected chi connectivity index (χ4v) is 7.62. The molecule has 1 saturated heterocycles. The van der Waals surface area contributed by atoms with Crippen molar-refractivity contribution in [3.05, 3.63) is 53.3 Å². The van der Waals surface area contributed by atoms with Crippen LogP contribution < -0.4 is 10.1 Å². The number of phenols is 3. The van der Waals surface area contributed by atoms with Gasteiger partial charge in [0.1, 0.15) is 35.6 Å². The number of methoxy groups -OCH3 is 2. The summed E-state index contributed by atoms with van der Waals surface area (Å²) in [5, 5.41) is 66.3. The average Bonchev–Trinajstić information content (AvgIpc) is 3.44. The summed E-state index contributed by atoms with van der Waals surface area (Å²) in [4.78, 5) is 42.5. The van der Waals surface area contributed by atoms with E-state index in [0.29, 0.717) is 26.2 Å². The number of aromatic hydroxyl groups is 3. The SMILES string of the molecule is CO[C@H]1[C@@H](OC(C)=O)[C@H](C)[C@H](O)[C@H](C)[C@H](O)[C@@H](C)/C=C/C=C(\C)C(=O)Nc2c(/C=N\N3CCN(C)CC3)c(O)c3c4c(cc(O)c3c2O)O[C@](C)(O/C=C/[C@@H]1OC)C4=O. The summed E-state index contributed by atoms with van der Waals surface area (Å²) in [6.45, 7) is 11.6. The number of hydrogen-bond donors (Lipinski definition) is 6. The van der Waals surface area contributed by atoms with Crippen LogP contribution >= 0.6 is 0 Å². The van der Waals surface area contributed by atoms with Gasteiger partial charge in [-0.1, -0.05) is 39.0 Å². The molecule has 0 saturated carbocycles. The summed E-state index contributed by atoms with van der Waals surface area (Å²) in [5.74, 6) is -8.27. The Morgan fingerprint density at radius 1 is 0.966 bits per heavy atom. The molecule has 5 bridgehead atoms. The van der Waals surface area contributed by atoms with Crippen LogP contribution in [0.4, 0.5) is 5.69 Å². The minimum atomic E-state index is -2.08. The minimum Gasteiger partial charge on any atom is -0.507 e. The van der Waals surface area contributed by atoms with Gasteiger partial charge >= 0.3 is 11.8 Å². The predicted octanol–water partition coefficient (Wildman–Crippen LogP) is 3.41. The second-order valence-electron chi connectivity index (χ2n) is 15.6. The number of nitrogens with zero attached hydrogens (tertiary/aromatic N) is 3. The van der Waals surface area contributed by atoms with Gasteiger partial charge in [0.2, 0.25) is 0 Å². The van der Waals surface area contributed by atoms with E-state index in [-0.39, 0.29) is 38.9 Å². The van der Waals surface area contributed by atoms with Crippen molar-refractivity contribution in [2.45, 2.75) is 77.8 Å². The number of phenolic OH excluding ortho intramolecular Hbond substituents is 3. The van der Waals surface area contributed by atoms with Crippen LogP contribution in [0.25, 0.3) is 10.8 Å². The first-order valence-corrected chi connectivity index (χ1v) is 19.4. The number of aliphatic hydroxyl groups is 2. The summed E-state index contributed by atoms with van der Waals surface area (Å²) < 4.78 is 29.1. The number of nitrogens with one attached hydrogen (secondary N) is 1. The zero-order valence-corrected chi connectivity index (χ0v) is 34.8. The number of carbonyl (C=O) groups is 3. The Balaban J connectivity index is 1.69. The van der Waals surface area contributed by atoms with Crippen molar-refractivity contribution < 1.29 is 63.6 Å². The Labute approximate surface area is 343 Å². The van der Waals surface area contributed by atoms with E-state index in [4.69, 9.17) is 23.7 Å². The van der Waals surface area contributed by atoms with E-state index >= 15 is 0 Å². The number of Topliss-reactive ketones (excluding diaryl/α,β-unsaturated/α-hetero) is 1. The monoisotopic (exact) mass is 824 g/mol. The molecular weight excluding hydrogens is 768 g/mol. The lowest BCUT2D eigenvalue weighted by Gasteiger charge is -2.38. The molecule has 17 heteroatoms. The van der Waals surface area contributed by atoms with Crippen LogP contribution in [-0.2, 0) is 28.5 Å². The molecule has 6 N–H and O–H groups in total. The van der Waals surface area contributed by atoms with Gasteiger partial charge in [0.15, 0.2) is 5.75 Å². The number of likely N-dealkylation sites (N-methyl/N-ethyl adjacent to an activating group) is 1. The van der Waals surface area contributed by atoms with Crippen molar-refractivity contribution in [3.8, 4) is 23.0 Å². The van der Waals surface area contributed by atoms with Crippen molar-refractivity contribution in [2.75, 3.05) is 52.8 Å². The molecule has 2 aromatic carbocycles. The lowest BCUT2D eigenvalue weighted by Crippen LogP contribution is -2.50. The molecule has 0 aliphatic carbocycles. The van der Waals surface area contributed by atoms with E-state index in [1.165, 1.54) is 53.4 Å². The lowest BCUT2D eigenvalue weighted by atomic mass is 9.80. The number of aliphatic hydroxyl groups excluding tert-OH is 2. The summed E-state index contributed by atoms with van der Waals surface area (Å²) in [6, 6.07) is 1.10. The van der Waals surface area contributed by atoms with Gasteiger partial charge in [0, 0.05) is 89.0 Å². The third kappa shape index (κ3) is 9.18. The molecule has 4 heterocycles. The zero-order chi connectivity index (χ0) is 43.5. The number of piperazine rings is 1. The van der Waals surface area contributed by atoms with Gasteiger partial charge in [-0.15, -0.1) is 0 Å². The fraction of sp³-hybridized carbons (Fsp3) is 0.524. The van der Waals surface area contributed by atoms with Gasteiger partial charge in [-0.3, -0.25) is 19.4 Å². The Kier molecular flexibility index (Phi) is 14.0. The first-order chi connectivity index (χ1) is 27.8. The predicted molar refractivity (Wildman–Crippen MR) is 217 cm³/mol. The van der Waals surface area contributed by atoms with Gasteiger partial charge in [-0.05, 0) is 20.0 Å². The lowest BCUT2D eigenvalue weighted by molar-refractivity contribution is -0.173. The number of amides is 1. The fourth-order valence-electron chi connectivity index (χ4n) is 7.62. The van der Waals surface area contributed by atoms with Crippen molar-refractivity contribution >= 4 is 40.3 Å². The van der Waals surface area contributed by atoms with Gasteiger partial charge in [-0.25, -0.2) is 0 Å². The molecular formula is C42H56N4O13. The van der Waals surface area contributed by atoms with Crippen molar-refractivity contribution in [3.63, 3.8) is 0 Å². The standard InChI is InChI=1S/C42H56N4O13/c1-21-11-10-12-22(2)41(54)44-33-26(20-43-46-16-14-45(7)15-17-46)36(51)32-30(37(33)52)27(48)19-29-31(32)40(53)42(6,59-29)57-18-13-28(55-8)39(56-9)38(58-25(5)47)24(4)35(50)23(3)34(21)49/h10-13,18-21,23-24,28,34-35,38-39,48-52H,14-17H2,1-9H3,(H,44,54)/b11-10+,18-13+,22-12+,43-20-/t21-,23+,24+,28-,34+,35+,38-,39+,42-/m0/s1. The first kappa shape index (κ1) is 44.9. The molecule has 17 nitrogen and oxygen atoms in total. The number of carbonyl (C=O) groups excluding carboxylic acids is 3. The highest BCUT2D eigenvalue weighted by molar-refractivity contribution is 6.23. The number of benzene rings is 2. The molecule has 0 aromatic heterocycles. The minimum absolute atomic E-state index is 0.149. The summed E-state index contributed by atoms with van der Waals surface area (Å²) in [5.41, 5.74) is -0.487. The second kappa shape index (κ2) is 18.4. The Morgan fingerprint density at radius 3 is 2.27 bits per heavy atom. The second-order valence-corrected chi connectivity index (χ2v) is 15.6. The first-order valence-electron chi connectivity index (χ1n) is 19.4. The van der Waals surface area contributed by atoms with E-state index in [2.05, 4.69) is 15.3 Å². The quantitative estimate of drug-likeness (QED) is 0.110. The smallest absolute Gasteiger partial charge is 0.312 e. The molecule has 9 atom stereocenters. The van der Waals surface area contributed by atoms with Crippen molar-refractivity contribution in [1.82, 2.24) is 9.91 Å². The Morgan fingerprint density at radius 2 is 1.64 bits per heavy atom. The maximum Gasteiger partial charge on any atom is 0.312 e. The molecule has 1 fully saturated rings. The normalized spacial score (nSPS) is 32.1. The molecule has 0 radical (unpaired) electrons. The van der Waals surface area contributed by atoms with Crippen molar-refractivity contribution in [2.24, 2.45) is 22.9 Å². The number of ether oxygens (including phenoxy) is 5. The number of rotatable bonds is 5. The molecule has 2 aromatic rings. The van der Waals surface area contributed by atoms with E-state index in [9.17, 15) is 39.9 Å². The maximum atomic E-state index is 14.3. The number of esters is 1. The van der Waals surface area contributed by atoms with Gasteiger partial charge in [-0.2, -0.15) is 5.10 Å². The number of hydrazone groups is 1. The van der Waals surface area contributed by atoms with E-state index in [1.54, 1.807) is 37.9 Å². The number of ketones is 1. The largest absolute Gasteiger partial charge is 0.507 e. The number of allylic oxidation sites excluding steroid dienone is 2. The molecule has 59 heavy (non-hydrogen) atoms. The summed E-state index contributed by atoms with van der Waals surface area (Å²) in [7, 11) is 4.72. The molecule has 4 aliphatic heterocycles. The number of fused-ring (bicyclic) bond motifs is 14. The third-order valence-corrected chi connectivity index (χ3v) is 11.4. The van der Waals surface area contributed by atoms with Crippen LogP contribution in [0.2, 0.25) is 0 Å². The molecule has 322 valence electrons. The van der Waals surface area contributed by atoms with Crippen molar-refractivity contribution in [1.29, 1.82) is 0 Å². The van der Waals surface area contributed by atoms with Crippen LogP contribution in [-0.4, -0.2) is 143 Å². The van der Waals surface area contributed by atoms with Crippen LogP contribution in [0, 0.1) is 17.8 Å². The highest BCUT2D eigenvalue weighted by Gasteiger charge is 2.49. The van der Waals surface area contributed by atoms with Crippen LogP contribution in [0.15, 0.2) is 47.3 Å². The van der Waals surface area contributed by atoms with Crippen LogP contribution in [0.1, 0.15) is 57.5 Å². The highest BCUT2D eigenvalue weighted by atomic mass is 16.7. The highest BCUT2D eigenvalue weighted by Crippen LogP contribution is 2.53. The average molecular weight is 825 g/mol. The van der Waals surface area contributed by atoms with Gasteiger partial charge < -0.3 is 59.4 Å². The summed E-state index contributed by atoms with van der Waals surface area (Å²) >= 11 is 0. The van der Waals surface area contributed by atoms with Crippen LogP contribution in [0.3, 0.4) is 0 Å². The van der Waals surface area contributed by atoms with Gasteiger partial charge in [0.25, 0.3) is 11.7 Å². The van der Waals surface area contributed by atoms with E-state index in [1.807, 2.05) is 7.05 Å². The maximum absolute atomic E-state index is 14.3. The molecule has 0 spiro atoms. The molecule has 0 unspecified atom stereocenters. The topological polar surface area (TPSA) is 229 Å². The Hall–Kier alpha value is -5.20. The van der Waals surface area contributed by atoms with Gasteiger partial charge in [0.05, 0.1) is 46.9 Å². The summed E-state index contributed by atoms with van der Waals surface area (Å²) in [6.07, 6.45) is 3.05. The molecule has 6 rings (SSSR count). The Bertz CT molecular complexity index is 2040. The number of hydrogen-bond acceptors (Lipinski definition) is 16.